The van der Waals surface area contributed by atoms with Gasteiger partial charge in [0.1, 0.15) is 11.3 Å². The van der Waals surface area contributed by atoms with Crippen LogP contribution in [0, 0.1) is 0 Å². The monoisotopic (exact) mass is 225 g/mol. The lowest BCUT2D eigenvalue weighted by atomic mass is 10.3. The number of rotatable bonds is 3. The van der Waals surface area contributed by atoms with Crippen molar-refractivity contribution in [3.05, 3.63) is 24.1 Å². The number of carbonyl (C=O) groups excluding carboxylic acids is 1. The molecule has 4 nitrogen and oxygen atoms in total. The van der Waals surface area contributed by atoms with E-state index in [4.69, 9.17) is 20.8 Å². The molecule has 0 amide bonds. The minimum Gasteiger partial charge on any atom is -0.497 e. The van der Waals surface area contributed by atoms with Crippen molar-refractivity contribution >= 4 is 28.5 Å². The molecule has 2 rings (SSSR count). The Balaban J connectivity index is 2.51. The van der Waals surface area contributed by atoms with Gasteiger partial charge in [0.15, 0.2) is 5.58 Å². The van der Waals surface area contributed by atoms with Crippen molar-refractivity contribution in [3.63, 3.8) is 0 Å². The number of oxazole rings is 1. The molecule has 0 spiro atoms. The average Bonchev–Trinajstić information content (AvgIpc) is 2.70. The van der Waals surface area contributed by atoms with Gasteiger partial charge >= 0.3 is 0 Å². The van der Waals surface area contributed by atoms with Crippen LogP contribution in [-0.2, 0) is 0 Å². The predicted octanol–water partition coefficient (Wildman–Crippen LogP) is 2.26. The third-order valence-corrected chi connectivity index (χ3v) is 2.20. The van der Waals surface area contributed by atoms with Crippen LogP contribution in [-0.4, -0.2) is 23.8 Å². The first kappa shape index (κ1) is 9.98. The van der Waals surface area contributed by atoms with Crippen molar-refractivity contribution in [1.82, 2.24) is 4.98 Å². The fraction of sp³-hybridized carbons (Fsp3) is 0.200. The zero-order valence-corrected chi connectivity index (χ0v) is 8.75. The summed E-state index contributed by atoms with van der Waals surface area (Å²) in [5, 5.41) is 0. The third-order valence-electron chi connectivity index (χ3n) is 1.95. The molecule has 0 bridgehead atoms. The second-order valence-electron chi connectivity index (χ2n) is 2.91. The van der Waals surface area contributed by atoms with Crippen LogP contribution in [0.5, 0.6) is 5.75 Å². The van der Waals surface area contributed by atoms with E-state index in [1.165, 1.54) is 0 Å². The number of alkyl halides is 1. The quantitative estimate of drug-likeness (QED) is 0.594. The van der Waals surface area contributed by atoms with E-state index in [1.54, 1.807) is 25.3 Å². The Hall–Kier alpha value is -1.55. The lowest BCUT2D eigenvalue weighted by Crippen LogP contribution is -1.99. The molecule has 0 unspecified atom stereocenters. The van der Waals surface area contributed by atoms with Gasteiger partial charge in [-0.3, -0.25) is 4.79 Å². The molecule has 1 aromatic carbocycles. The van der Waals surface area contributed by atoms with Crippen molar-refractivity contribution in [3.8, 4) is 5.75 Å². The number of ether oxygens (including phenoxy) is 1. The molecular formula is C10H8ClNO3. The molecule has 0 aliphatic rings. The van der Waals surface area contributed by atoms with E-state index in [0.717, 1.165) is 0 Å². The van der Waals surface area contributed by atoms with Gasteiger partial charge in [0, 0.05) is 6.07 Å². The molecule has 0 aliphatic carbocycles. The zero-order valence-electron chi connectivity index (χ0n) is 7.99. The number of nitrogens with zero attached hydrogens (tertiary/aromatic N) is 1. The second-order valence-corrected chi connectivity index (χ2v) is 3.18. The van der Waals surface area contributed by atoms with E-state index < -0.39 is 0 Å². The first-order chi connectivity index (χ1) is 7.24. The summed E-state index contributed by atoms with van der Waals surface area (Å²) in [6.07, 6.45) is 0. The molecule has 5 heteroatoms. The second kappa shape index (κ2) is 3.90. The van der Waals surface area contributed by atoms with Gasteiger partial charge in [0.25, 0.3) is 5.89 Å². The van der Waals surface area contributed by atoms with Crippen LogP contribution in [0.3, 0.4) is 0 Å². The summed E-state index contributed by atoms with van der Waals surface area (Å²) in [6, 6.07) is 5.14. The van der Waals surface area contributed by atoms with Gasteiger partial charge in [-0.15, -0.1) is 11.6 Å². The van der Waals surface area contributed by atoms with Crippen LogP contribution in [0.15, 0.2) is 22.6 Å². The molecule has 2 aromatic rings. The maximum absolute atomic E-state index is 11.2. The first-order valence-corrected chi connectivity index (χ1v) is 4.82. The molecule has 0 fully saturated rings. The maximum Gasteiger partial charge on any atom is 0.265 e. The lowest BCUT2D eigenvalue weighted by molar-refractivity contribution is 0.0986. The van der Waals surface area contributed by atoms with Gasteiger partial charge in [-0.25, -0.2) is 4.98 Å². The Morgan fingerprint density at radius 3 is 3.07 bits per heavy atom. The lowest BCUT2D eigenvalue weighted by Gasteiger charge is -1.95. The van der Waals surface area contributed by atoms with Crippen molar-refractivity contribution < 1.29 is 13.9 Å². The SMILES string of the molecule is COc1ccc2oc(C(=O)CCl)nc2c1. The Labute approximate surface area is 90.8 Å². The highest BCUT2D eigenvalue weighted by atomic mass is 35.5. The van der Waals surface area contributed by atoms with E-state index in [-0.39, 0.29) is 17.6 Å². The van der Waals surface area contributed by atoms with E-state index in [0.29, 0.717) is 16.8 Å². The van der Waals surface area contributed by atoms with Crippen molar-refractivity contribution in [1.29, 1.82) is 0 Å². The Bertz CT molecular complexity index is 506. The molecule has 1 aromatic heterocycles. The molecule has 78 valence electrons. The first-order valence-electron chi connectivity index (χ1n) is 4.28. The number of Topliss-reactive ketones (excluding diaryl/α,β-unsaturated/α-hetero) is 1. The van der Waals surface area contributed by atoms with E-state index in [1.807, 2.05) is 0 Å². The number of fused-ring (bicyclic) bond motifs is 1. The van der Waals surface area contributed by atoms with Gasteiger partial charge in [-0.05, 0) is 12.1 Å². The number of hydrogen-bond donors (Lipinski definition) is 0. The molecule has 15 heavy (non-hydrogen) atoms. The summed E-state index contributed by atoms with van der Waals surface area (Å²) in [5.74, 6) is 0.241. The minimum absolute atomic E-state index is 0.0354. The standard InChI is InChI=1S/C10H8ClNO3/c1-14-6-2-3-9-7(4-6)12-10(15-9)8(13)5-11/h2-4H,5H2,1H3. The Morgan fingerprint density at radius 2 is 2.40 bits per heavy atom. The molecule has 0 N–H and O–H groups in total. The van der Waals surface area contributed by atoms with Crippen LogP contribution < -0.4 is 4.74 Å². The Kier molecular flexibility index (Phi) is 2.60. The van der Waals surface area contributed by atoms with Gasteiger partial charge in [-0.1, -0.05) is 0 Å². The largest absolute Gasteiger partial charge is 0.497 e. The fourth-order valence-electron chi connectivity index (χ4n) is 1.21. The highest BCUT2D eigenvalue weighted by Gasteiger charge is 2.13. The fourth-order valence-corrected chi connectivity index (χ4v) is 1.32. The van der Waals surface area contributed by atoms with Crippen LogP contribution in [0.1, 0.15) is 10.7 Å². The van der Waals surface area contributed by atoms with Crippen molar-refractivity contribution in [2.45, 2.75) is 0 Å². The topological polar surface area (TPSA) is 52.3 Å². The summed E-state index contributed by atoms with van der Waals surface area (Å²) in [5.41, 5.74) is 1.13. The van der Waals surface area contributed by atoms with Gasteiger partial charge < -0.3 is 9.15 Å². The molecular weight excluding hydrogens is 218 g/mol. The highest BCUT2D eigenvalue weighted by Crippen LogP contribution is 2.21. The molecule has 0 saturated carbocycles. The molecule has 0 radical (unpaired) electrons. The number of halogens is 1. The normalized spacial score (nSPS) is 10.5. The summed E-state index contributed by atoms with van der Waals surface area (Å²) >= 11 is 5.40. The van der Waals surface area contributed by atoms with Crippen LogP contribution in [0.2, 0.25) is 0 Å². The maximum atomic E-state index is 11.2. The smallest absolute Gasteiger partial charge is 0.265 e. The summed E-state index contributed by atoms with van der Waals surface area (Å²) in [7, 11) is 1.56. The molecule has 1 heterocycles. The molecule has 0 aliphatic heterocycles. The van der Waals surface area contributed by atoms with Crippen LogP contribution in [0.4, 0.5) is 0 Å². The van der Waals surface area contributed by atoms with Crippen molar-refractivity contribution in [2.24, 2.45) is 0 Å². The zero-order chi connectivity index (χ0) is 10.8. The number of hydrogen-bond acceptors (Lipinski definition) is 4. The number of aromatic nitrogens is 1. The Morgan fingerprint density at radius 1 is 1.60 bits per heavy atom. The summed E-state index contributed by atoms with van der Waals surface area (Å²) < 4.78 is 10.2. The summed E-state index contributed by atoms with van der Waals surface area (Å²) in [6.45, 7) is 0. The molecule has 0 saturated heterocycles. The van der Waals surface area contributed by atoms with E-state index >= 15 is 0 Å². The summed E-state index contributed by atoms with van der Waals surface area (Å²) in [4.78, 5) is 15.2. The number of methoxy groups -OCH3 is 1. The molecule has 0 atom stereocenters. The predicted molar refractivity (Wildman–Crippen MR) is 55.6 cm³/mol. The average molecular weight is 226 g/mol. The van der Waals surface area contributed by atoms with Gasteiger partial charge in [0.05, 0.1) is 13.0 Å². The third kappa shape index (κ3) is 1.80. The van der Waals surface area contributed by atoms with Gasteiger partial charge in [-0.2, -0.15) is 0 Å². The van der Waals surface area contributed by atoms with Crippen LogP contribution >= 0.6 is 11.6 Å². The number of benzene rings is 1. The number of ketones is 1. The number of carbonyl (C=O) groups is 1. The minimum atomic E-state index is -0.327. The van der Waals surface area contributed by atoms with Gasteiger partial charge in [0.2, 0.25) is 5.78 Å². The van der Waals surface area contributed by atoms with Crippen LogP contribution in [0.25, 0.3) is 11.1 Å². The van der Waals surface area contributed by atoms with E-state index in [2.05, 4.69) is 4.98 Å². The van der Waals surface area contributed by atoms with E-state index in [9.17, 15) is 4.79 Å². The van der Waals surface area contributed by atoms with Crippen molar-refractivity contribution in [2.75, 3.05) is 13.0 Å². The highest BCUT2D eigenvalue weighted by molar-refractivity contribution is 6.29.